The molecule has 0 aliphatic rings. The quantitative estimate of drug-likeness (QED) is 0.175. The van der Waals surface area contributed by atoms with E-state index in [4.69, 9.17) is 0 Å². The maximum Gasteiger partial charge on any atom is 0.0271 e. The van der Waals surface area contributed by atoms with E-state index in [0.29, 0.717) is 0 Å². The number of hydrogen-bond acceptors (Lipinski definition) is 2. The fourth-order valence-electron chi connectivity index (χ4n) is 4.31. The molecule has 30 heavy (non-hydrogen) atoms. The molecule has 2 heteroatoms. The van der Waals surface area contributed by atoms with Crippen molar-refractivity contribution in [2.24, 2.45) is 0 Å². The van der Waals surface area contributed by atoms with Gasteiger partial charge in [0.05, 0.1) is 0 Å². The van der Waals surface area contributed by atoms with Gasteiger partial charge in [0.15, 0.2) is 0 Å². The van der Waals surface area contributed by atoms with Crippen molar-refractivity contribution >= 4 is 0 Å². The fraction of sp³-hybridized carbons (Fsp3) is 0.821. The molecule has 0 saturated heterocycles. The molecule has 174 valence electrons. The van der Waals surface area contributed by atoms with Crippen LogP contribution in [0.4, 0.5) is 0 Å². The Bertz CT molecular complexity index is 423. The number of nitrogens with zero attached hydrogens (tertiary/aromatic N) is 2. The van der Waals surface area contributed by atoms with Gasteiger partial charge in [-0.2, -0.15) is 0 Å². The maximum absolute atomic E-state index is 4.18. The lowest BCUT2D eigenvalue weighted by molar-refractivity contribution is 0.252. The molecule has 2 nitrogen and oxygen atoms in total. The zero-order valence-corrected chi connectivity index (χ0v) is 20.6. The minimum Gasteiger partial charge on any atom is -0.299 e. The molecule has 0 aliphatic carbocycles. The molecule has 1 aromatic rings. The summed E-state index contributed by atoms with van der Waals surface area (Å²) in [5, 5.41) is 0. The van der Waals surface area contributed by atoms with E-state index in [1.54, 1.807) is 0 Å². The van der Waals surface area contributed by atoms with Crippen LogP contribution in [0.2, 0.25) is 0 Å². The van der Waals surface area contributed by atoms with Gasteiger partial charge in [0.2, 0.25) is 0 Å². The Balaban J connectivity index is 2.14. The van der Waals surface area contributed by atoms with Crippen LogP contribution in [0.25, 0.3) is 0 Å². The van der Waals surface area contributed by atoms with E-state index < -0.39 is 0 Å². The second kappa shape index (κ2) is 21.3. The molecule has 0 aromatic carbocycles. The first-order valence-electron chi connectivity index (χ1n) is 13.5. The third-order valence-electron chi connectivity index (χ3n) is 6.31. The molecule has 0 fully saturated rings. The molecule has 0 spiro atoms. The lowest BCUT2D eigenvalue weighted by atomic mass is 10.1. The van der Waals surface area contributed by atoms with Gasteiger partial charge in [0, 0.05) is 18.9 Å². The third-order valence-corrected chi connectivity index (χ3v) is 6.31. The van der Waals surface area contributed by atoms with Crippen LogP contribution in [0.5, 0.6) is 0 Å². The van der Waals surface area contributed by atoms with Crippen LogP contribution in [0.3, 0.4) is 0 Å². The summed E-state index contributed by atoms with van der Waals surface area (Å²) < 4.78 is 0. The zero-order chi connectivity index (χ0) is 21.5. The first-order chi connectivity index (χ1) is 14.9. The second-order valence-electron chi connectivity index (χ2n) is 9.29. The largest absolute Gasteiger partial charge is 0.299 e. The Labute approximate surface area is 189 Å². The summed E-state index contributed by atoms with van der Waals surface area (Å²) in [7, 11) is 0. The standard InChI is InChI=1S/C28H52N2/c1-3-5-7-9-11-13-15-17-19-25-30(27-28-21-23-29-24-22-28)26-20-18-16-14-12-10-8-6-4-2/h21-24H,3-20,25-27H2,1-2H3. The van der Waals surface area contributed by atoms with Crippen LogP contribution in [0.15, 0.2) is 24.5 Å². The molecule has 0 N–H and O–H groups in total. The van der Waals surface area contributed by atoms with Crippen LogP contribution in [-0.4, -0.2) is 23.0 Å². The van der Waals surface area contributed by atoms with Crippen molar-refractivity contribution < 1.29 is 0 Å². The summed E-state index contributed by atoms with van der Waals surface area (Å²) in [6.45, 7) is 8.21. The summed E-state index contributed by atoms with van der Waals surface area (Å²) in [4.78, 5) is 6.87. The van der Waals surface area contributed by atoms with Crippen LogP contribution in [0.1, 0.15) is 135 Å². The van der Waals surface area contributed by atoms with Crippen LogP contribution in [-0.2, 0) is 6.54 Å². The monoisotopic (exact) mass is 416 g/mol. The minimum absolute atomic E-state index is 1.09. The molecule has 1 rings (SSSR count). The van der Waals surface area contributed by atoms with Gasteiger partial charge in [-0.15, -0.1) is 0 Å². The number of hydrogen-bond donors (Lipinski definition) is 0. The Morgan fingerprint density at radius 2 is 0.900 bits per heavy atom. The average Bonchev–Trinajstić information content (AvgIpc) is 2.77. The molecular formula is C28H52N2. The van der Waals surface area contributed by atoms with E-state index in [1.165, 1.54) is 134 Å². The van der Waals surface area contributed by atoms with Gasteiger partial charge in [-0.25, -0.2) is 0 Å². The lowest BCUT2D eigenvalue weighted by Crippen LogP contribution is -2.25. The molecule has 1 heterocycles. The smallest absolute Gasteiger partial charge is 0.0271 e. The van der Waals surface area contributed by atoms with Crippen molar-refractivity contribution in [1.82, 2.24) is 9.88 Å². The summed E-state index contributed by atoms with van der Waals surface area (Å²) in [6, 6.07) is 4.36. The van der Waals surface area contributed by atoms with E-state index in [9.17, 15) is 0 Å². The SMILES string of the molecule is CCCCCCCCCCCN(CCCCCCCCCCC)Cc1ccncc1. The zero-order valence-electron chi connectivity index (χ0n) is 20.6. The lowest BCUT2D eigenvalue weighted by Gasteiger charge is -2.22. The molecule has 0 amide bonds. The Morgan fingerprint density at radius 3 is 1.30 bits per heavy atom. The van der Waals surface area contributed by atoms with Gasteiger partial charge in [0.1, 0.15) is 0 Å². The molecule has 1 aromatic heterocycles. The van der Waals surface area contributed by atoms with E-state index in [1.807, 2.05) is 12.4 Å². The van der Waals surface area contributed by atoms with Crippen molar-refractivity contribution in [2.45, 2.75) is 136 Å². The predicted molar refractivity (Wildman–Crippen MR) is 134 cm³/mol. The predicted octanol–water partition coefficient (Wildman–Crippen LogP) is 8.95. The van der Waals surface area contributed by atoms with Crippen molar-refractivity contribution in [2.75, 3.05) is 13.1 Å². The van der Waals surface area contributed by atoms with Crippen molar-refractivity contribution in [3.05, 3.63) is 30.1 Å². The number of rotatable bonds is 22. The molecule has 0 atom stereocenters. The summed E-state index contributed by atoms with van der Waals surface area (Å²) in [6.07, 6.45) is 29.3. The average molecular weight is 417 g/mol. The highest BCUT2D eigenvalue weighted by molar-refractivity contribution is 5.09. The first kappa shape index (κ1) is 27.1. The van der Waals surface area contributed by atoms with E-state index >= 15 is 0 Å². The van der Waals surface area contributed by atoms with E-state index in [2.05, 4.69) is 35.9 Å². The fourth-order valence-corrected chi connectivity index (χ4v) is 4.31. The molecule has 0 unspecified atom stereocenters. The van der Waals surface area contributed by atoms with Crippen molar-refractivity contribution in [3.63, 3.8) is 0 Å². The summed E-state index contributed by atoms with van der Waals surface area (Å²) in [5.41, 5.74) is 1.41. The van der Waals surface area contributed by atoms with Gasteiger partial charge in [-0.1, -0.05) is 117 Å². The summed E-state index contributed by atoms with van der Waals surface area (Å²) >= 11 is 0. The second-order valence-corrected chi connectivity index (χ2v) is 9.29. The molecule has 0 aliphatic heterocycles. The van der Waals surface area contributed by atoms with E-state index in [0.717, 1.165) is 6.54 Å². The van der Waals surface area contributed by atoms with Gasteiger partial charge in [0.25, 0.3) is 0 Å². The molecular weight excluding hydrogens is 364 g/mol. The Hall–Kier alpha value is -0.890. The highest BCUT2D eigenvalue weighted by atomic mass is 15.1. The topological polar surface area (TPSA) is 16.1 Å². The van der Waals surface area contributed by atoms with Crippen LogP contribution >= 0.6 is 0 Å². The minimum atomic E-state index is 1.09. The van der Waals surface area contributed by atoms with Gasteiger partial charge in [-0.3, -0.25) is 9.88 Å². The summed E-state index contributed by atoms with van der Waals surface area (Å²) in [5.74, 6) is 0. The van der Waals surface area contributed by atoms with Crippen molar-refractivity contribution in [1.29, 1.82) is 0 Å². The van der Waals surface area contributed by atoms with Gasteiger partial charge < -0.3 is 0 Å². The van der Waals surface area contributed by atoms with Crippen LogP contribution < -0.4 is 0 Å². The third kappa shape index (κ3) is 16.9. The normalized spacial score (nSPS) is 11.4. The highest BCUT2D eigenvalue weighted by Crippen LogP contribution is 2.13. The highest BCUT2D eigenvalue weighted by Gasteiger charge is 2.06. The molecule has 0 saturated carbocycles. The molecule has 0 bridgehead atoms. The number of pyridine rings is 1. The first-order valence-corrected chi connectivity index (χ1v) is 13.5. The van der Waals surface area contributed by atoms with Crippen LogP contribution in [0, 0.1) is 0 Å². The van der Waals surface area contributed by atoms with Gasteiger partial charge >= 0.3 is 0 Å². The van der Waals surface area contributed by atoms with E-state index in [-0.39, 0.29) is 0 Å². The maximum atomic E-state index is 4.18. The number of unbranched alkanes of at least 4 members (excludes halogenated alkanes) is 16. The van der Waals surface area contributed by atoms with Crippen molar-refractivity contribution in [3.8, 4) is 0 Å². The Kier molecular flexibility index (Phi) is 19.3. The number of aromatic nitrogens is 1. The molecule has 0 radical (unpaired) electrons. The Morgan fingerprint density at radius 1 is 0.533 bits per heavy atom. The van der Waals surface area contributed by atoms with Gasteiger partial charge in [-0.05, 0) is 43.6 Å².